The van der Waals surface area contributed by atoms with E-state index >= 15 is 0 Å². The Balaban J connectivity index is 4.02. The molecule has 0 fully saturated rings. The third-order valence-electron chi connectivity index (χ3n) is 4.16. The van der Waals surface area contributed by atoms with Gasteiger partial charge in [0, 0.05) is 0 Å². The van der Waals surface area contributed by atoms with Gasteiger partial charge in [-0.1, -0.05) is 60.8 Å². The zero-order chi connectivity index (χ0) is 11.1. The SMILES string of the molecule is CCC(C)CC(C)C(C)C(CC)CC. The van der Waals surface area contributed by atoms with Crippen molar-refractivity contribution in [1.29, 1.82) is 0 Å². The topological polar surface area (TPSA) is 0 Å². The number of hydrogen-bond donors (Lipinski definition) is 0. The van der Waals surface area contributed by atoms with Crippen LogP contribution < -0.4 is 0 Å². The van der Waals surface area contributed by atoms with Crippen LogP contribution in [0.4, 0.5) is 0 Å². The first-order valence-electron chi connectivity index (χ1n) is 6.56. The van der Waals surface area contributed by atoms with Gasteiger partial charge in [0.2, 0.25) is 0 Å². The normalized spacial score (nSPS) is 18.2. The average molecular weight is 198 g/mol. The standard InChI is InChI=1S/C14H30/c1-7-11(4)10-12(5)13(6)14(8-2)9-3/h11-14H,7-10H2,1-6H3. The van der Waals surface area contributed by atoms with E-state index in [9.17, 15) is 0 Å². The Kier molecular flexibility index (Phi) is 7.31. The molecule has 0 heteroatoms. The quantitative estimate of drug-likeness (QED) is 0.532. The van der Waals surface area contributed by atoms with Crippen molar-refractivity contribution in [2.45, 2.75) is 67.2 Å². The predicted octanol–water partition coefficient (Wildman–Crippen LogP) is 5.13. The highest BCUT2D eigenvalue weighted by Gasteiger charge is 2.20. The molecular formula is C14H30. The largest absolute Gasteiger partial charge is 0.0651 e. The van der Waals surface area contributed by atoms with Crippen LogP contribution in [0, 0.1) is 23.7 Å². The van der Waals surface area contributed by atoms with Gasteiger partial charge in [-0.3, -0.25) is 0 Å². The molecule has 0 bridgehead atoms. The molecule has 14 heavy (non-hydrogen) atoms. The van der Waals surface area contributed by atoms with E-state index in [4.69, 9.17) is 0 Å². The van der Waals surface area contributed by atoms with Crippen molar-refractivity contribution in [3.63, 3.8) is 0 Å². The zero-order valence-electron chi connectivity index (χ0n) is 11.1. The molecule has 0 heterocycles. The van der Waals surface area contributed by atoms with E-state index < -0.39 is 0 Å². The number of rotatable bonds is 7. The fraction of sp³-hybridized carbons (Fsp3) is 1.00. The second-order valence-electron chi connectivity index (χ2n) is 5.16. The first kappa shape index (κ1) is 14.0. The van der Waals surface area contributed by atoms with Crippen LogP contribution in [0.25, 0.3) is 0 Å². The van der Waals surface area contributed by atoms with Gasteiger partial charge in [0.1, 0.15) is 0 Å². The monoisotopic (exact) mass is 198 g/mol. The van der Waals surface area contributed by atoms with Gasteiger partial charge in [-0.2, -0.15) is 0 Å². The van der Waals surface area contributed by atoms with Gasteiger partial charge in [0.25, 0.3) is 0 Å². The molecule has 0 aliphatic rings. The highest BCUT2D eigenvalue weighted by Crippen LogP contribution is 2.30. The Labute approximate surface area is 91.5 Å². The van der Waals surface area contributed by atoms with E-state index in [0.29, 0.717) is 0 Å². The summed E-state index contributed by atoms with van der Waals surface area (Å²) in [5.74, 6) is 3.64. The van der Waals surface area contributed by atoms with E-state index in [1.54, 1.807) is 0 Å². The Morgan fingerprint density at radius 3 is 1.64 bits per heavy atom. The molecule has 86 valence electrons. The predicted molar refractivity (Wildman–Crippen MR) is 66.5 cm³/mol. The lowest BCUT2D eigenvalue weighted by Gasteiger charge is -2.29. The first-order valence-corrected chi connectivity index (χ1v) is 6.56. The third-order valence-corrected chi connectivity index (χ3v) is 4.16. The maximum Gasteiger partial charge on any atom is -0.0389 e. The smallest absolute Gasteiger partial charge is 0.0389 e. The van der Waals surface area contributed by atoms with Crippen LogP contribution in [0.3, 0.4) is 0 Å². The summed E-state index contributed by atoms with van der Waals surface area (Å²) in [5.41, 5.74) is 0. The van der Waals surface area contributed by atoms with Crippen LogP contribution in [0.2, 0.25) is 0 Å². The van der Waals surface area contributed by atoms with Gasteiger partial charge >= 0.3 is 0 Å². The van der Waals surface area contributed by atoms with Crippen molar-refractivity contribution in [3.8, 4) is 0 Å². The van der Waals surface area contributed by atoms with Crippen molar-refractivity contribution in [1.82, 2.24) is 0 Å². The van der Waals surface area contributed by atoms with Crippen LogP contribution in [0.5, 0.6) is 0 Å². The van der Waals surface area contributed by atoms with Gasteiger partial charge in [-0.15, -0.1) is 0 Å². The van der Waals surface area contributed by atoms with Crippen molar-refractivity contribution >= 4 is 0 Å². The molecule has 0 nitrogen and oxygen atoms in total. The van der Waals surface area contributed by atoms with Crippen LogP contribution in [0.1, 0.15) is 67.2 Å². The molecule has 0 aromatic rings. The summed E-state index contributed by atoms with van der Waals surface area (Å²) in [5, 5.41) is 0. The van der Waals surface area contributed by atoms with Crippen LogP contribution in [0.15, 0.2) is 0 Å². The fourth-order valence-electron chi connectivity index (χ4n) is 2.51. The van der Waals surface area contributed by atoms with E-state index in [2.05, 4.69) is 41.5 Å². The zero-order valence-corrected chi connectivity index (χ0v) is 11.1. The summed E-state index contributed by atoms with van der Waals surface area (Å²) in [6, 6.07) is 0. The van der Waals surface area contributed by atoms with Crippen molar-refractivity contribution in [2.24, 2.45) is 23.7 Å². The lowest BCUT2D eigenvalue weighted by Crippen LogP contribution is -2.19. The van der Waals surface area contributed by atoms with Crippen molar-refractivity contribution < 1.29 is 0 Å². The highest BCUT2D eigenvalue weighted by atomic mass is 14.3. The molecule has 3 atom stereocenters. The average Bonchev–Trinajstić information content (AvgIpc) is 2.19. The minimum atomic E-state index is 0.898. The minimum absolute atomic E-state index is 0.898. The first-order chi connectivity index (χ1) is 6.56. The van der Waals surface area contributed by atoms with Crippen LogP contribution in [-0.4, -0.2) is 0 Å². The molecule has 0 radical (unpaired) electrons. The molecular weight excluding hydrogens is 168 g/mol. The Bertz CT molecular complexity index is 124. The summed E-state index contributed by atoms with van der Waals surface area (Å²) in [6.45, 7) is 14.2. The fourth-order valence-corrected chi connectivity index (χ4v) is 2.51. The van der Waals surface area contributed by atoms with Gasteiger partial charge < -0.3 is 0 Å². The Morgan fingerprint density at radius 2 is 1.29 bits per heavy atom. The molecule has 0 aliphatic heterocycles. The summed E-state index contributed by atoms with van der Waals surface area (Å²) >= 11 is 0. The van der Waals surface area contributed by atoms with E-state index in [0.717, 1.165) is 23.7 Å². The summed E-state index contributed by atoms with van der Waals surface area (Å²) < 4.78 is 0. The van der Waals surface area contributed by atoms with Crippen molar-refractivity contribution in [3.05, 3.63) is 0 Å². The summed E-state index contributed by atoms with van der Waals surface area (Å²) in [6.07, 6.45) is 5.44. The Hall–Kier alpha value is 0. The maximum atomic E-state index is 2.45. The molecule has 0 aliphatic carbocycles. The lowest BCUT2D eigenvalue weighted by atomic mass is 9.77. The van der Waals surface area contributed by atoms with E-state index in [-0.39, 0.29) is 0 Å². The van der Waals surface area contributed by atoms with Gasteiger partial charge in [0.15, 0.2) is 0 Å². The van der Waals surface area contributed by atoms with Crippen molar-refractivity contribution in [2.75, 3.05) is 0 Å². The van der Waals surface area contributed by atoms with Crippen LogP contribution >= 0.6 is 0 Å². The molecule has 0 N–H and O–H groups in total. The number of hydrogen-bond acceptors (Lipinski definition) is 0. The Morgan fingerprint density at radius 1 is 0.786 bits per heavy atom. The molecule has 3 unspecified atom stereocenters. The molecule has 0 amide bonds. The molecule has 0 aromatic heterocycles. The van der Waals surface area contributed by atoms with Crippen LogP contribution in [-0.2, 0) is 0 Å². The third kappa shape index (κ3) is 4.48. The second-order valence-corrected chi connectivity index (χ2v) is 5.16. The van der Waals surface area contributed by atoms with E-state index in [1.165, 1.54) is 25.7 Å². The lowest BCUT2D eigenvalue weighted by molar-refractivity contribution is 0.216. The maximum absolute atomic E-state index is 2.45. The van der Waals surface area contributed by atoms with E-state index in [1.807, 2.05) is 0 Å². The van der Waals surface area contributed by atoms with Gasteiger partial charge in [-0.25, -0.2) is 0 Å². The van der Waals surface area contributed by atoms with Gasteiger partial charge in [0.05, 0.1) is 0 Å². The summed E-state index contributed by atoms with van der Waals surface area (Å²) in [7, 11) is 0. The summed E-state index contributed by atoms with van der Waals surface area (Å²) in [4.78, 5) is 0. The molecule has 0 saturated carbocycles. The minimum Gasteiger partial charge on any atom is -0.0651 e. The molecule has 0 aromatic carbocycles. The van der Waals surface area contributed by atoms with Gasteiger partial charge in [-0.05, 0) is 30.1 Å². The molecule has 0 saturated heterocycles. The molecule has 0 rings (SSSR count). The second kappa shape index (κ2) is 7.31. The molecule has 0 spiro atoms. The highest BCUT2D eigenvalue weighted by molar-refractivity contribution is 4.71.